The molecule has 1 N–H and O–H groups in total. The maximum absolute atomic E-state index is 12.8. The molecule has 2 saturated heterocycles. The molecule has 5 heteroatoms. The van der Waals surface area contributed by atoms with Gasteiger partial charge in [0, 0.05) is 23.7 Å². The molecule has 3 aliphatic rings. The van der Waals surface area contributed by atoms with E-state index in [4.69, 9.17) is 16.3 Å². The average molecular weight is 426 g/mol. The molecule has 158 valence electrons. The van der Waals surface area contributed by atoms with Crippen molar-refractivity contribution in [2.24, 2.45) is 5.92 Å². The van der Waals surface area contributed by atoms with E-state index in [-0.39, 0.29) is 11.9 Å². The van der Waals surface area contributed by atoms with Gasteiger partial charge in [-0.25, -0.2) is 0 Å². The van der Waals surface area contributed by atoms with Crippen LogP contribution in [0.3, 0.4) is 0 Å². The van der Waals surface area contributed by atoms with Crippen LogP contribution in [-0.2, 0) is 20.5 Å². The third kappa shape index (κ3) is 3.17. The molecule has 2 unspecified atom stereocenters. The van der Waals surface area contributed by atoms with Crippen molar-refractivity contribution >= 4 is 17.6 Å². The molecule has 0 amide bonds. The molecule has 30 heavy (non-hydrogen) atoms. The molecule has 0 spiro atoms. The molecule has 3 fully saturated rings. The first-order chi connectivity index (χ1) is 14.5. The number of piperidine rings is 1. The molecule has 2 aliphatic heterocycles. The van der Waals surface area contributed by atoms with Gasteiger partial charge < -0.3 is 9.84 Å². The van der Waals surface area contributed by atoms with E-state index in [9.17, 15) is 9.90 Å². The standard InChI is InChI=1S/C25H28ClNO3/c1-30-23(28)25(18-5-3-2-4-6-18)13-19(25)16-27-21-11-12-22(27)15-24(29,14-21)17-7-9-20(26)10-8-17/h2-10,19,21-22,29H,11-16H2,1H3/t19-,21?,22?,24?,25+/m0/s1. The van der Waals surface area contributed by atoms with Crippen LogP contribution in [0.5, 0.6) is 0 Å². The fraction of sp³-hybridized carbons (Fsp3) is 0.480. The van der Waals surface area contributed by atoms with Gasteiger partial charge in [0.05, 0.1) is 18.1 Å². The third-order valence-corrected chi connectivity index (χ3v) is 7.93. The Morgan fingerprint density at radius 3 is 2.27 bits per heavy atom. The Labute approximate surface area is 182 Å². The Balaban J connectivity index is 1.34. The molecule has 4 nitrogen and oxygen atoms in total. The Morgan fingerprint density at radius 1 is 1.03 bits per heavy atom. The van der Waals surface area contributed by atoms with Crippen LogP contribution in [0.25, 0.3) is 0 Å². The zero-order chi connectivity index (χ0) is 20.9. The van der Waals surface area contributed by atoms with Crippen LogP contribution in [0.15, 0.2) is 54.6 Å². The van der Waals surface area contributed by atoms with E-state index in [0.717, 1.165) is 49.8 Å². The van der Waals surface area contributed by atoms with Gasteiger partial charge in [-0.2, -0.15) is 0 Å². The van der Waals surface area contributed by atoms with E-state index < -0.39 is 11.0 Å². The molecule has 2 heterocycles. The van der Waals surface area contributed by atoms with Crippen LogP contribution in [0.2, 0.25) is 5.02 Å². The fourth-order valence-electron chi connectivity index (χ4n) is 6.05. The number of nitrogens with zero attached hydrogens (tertiary/aromatic N) is 1. The SMILES string of the molecule is COC(=O)[C@@]1(c2ccccc2)C[C@H]1CN1C2CCC1CC(O)(c1ccc(Cl)cc1)C2. The molecule has 2 aromatic rings. The Hall–Kier alpha value is -1.88. The summed E-state index contributed by atoms with van der Waals surface area (Å²) in [5.74, 6) is 0.137. The van der Waals surface area contributed by atoms with Gasteiger partial charge in [-0.3, -0.25) is 9.69 Å². The highest BCUT2D eigenvalue weighted by molar-refractivity contribution is 6.30. The second-order valence-electron chi connectivity index (χ2n) is 9.26. The minimum atomic E-state index is -0.796. The zero-order valence-electron chi connectivity index (χ0n) is 17.3. The van der Waals surface area contributed by atoms with Gasteiger partial charge in [0.15, 0.2) is 0 Å². The maximum atomic E-state index is 12.8. The highest BCUT2D eigenvalue weighted by Crippen LogP contribution is 2.57. The first kappa shape index (κ1) is 20.0. The summed E-state index contributed by atoms with van der Waals surface area (Å²) in [4.78, 5) is 15.3. The molecule has 0 aromatic heterocycles. The van der Waals surface area contributed by atoms with E-state index >= 15 is 0 Å². The molecule has 1 aliphatic carbocycles. The van der Waals surface area contributed by atoms with E-state index in [0.29, 0.717) is 17.1 Å². The lowest BCUT2D eigenvalue weighted by molar-refractivity contribution is -0.144. The molecule has 2 bridgehead atoms. The lowest BCUT2D eigenvalue weighted by Crippen LogP contribution is -2.50. The first-order valence-electron chi connectivity index (χ1n) is 10.8. The number of ether oxygens (including phenoxy) is 1. The summed E-state index contributed by atoms with van der Waals surface area (Å²) in [7, 11) is 1.49. The van der Waals surface area contributed by atoms with Gasteiger partial charge in [0.2, 0.25) is 0 Å². The number of fused-ring (bicyclic) bond motifs is 2. The van der Waals surface area contributed by atoms with Gasteiger partial charge in [-0.05, 0) is 61.3 Å². The highest BCUT2D eigenvalue weighted by atomic mass is 35.5. The minimum absolute atomic E-state index is 0.124. The molecule has 5 rings (SSSR count). The van der Waals surface area contributed by atoms with Gasteiger partial charge in [0.1, 0.15) is 0 Å². The van der Waals surface area contributed by atoms with Crippen molar-refractivity contribution in [3.63, 3.8) is 0 Å². The highest BCUT2D eigenvalue weighted by Gasteiger charge is 2.63. The molecular formula is C25H28ClNO3. The minimum Gasteiger partial charge on any atom is -0.468 e. The predicted molar refractivity (Wildman–Crippen MR) is 116 cm³/mol. The van der Waals surface area contributed by atoms with Crippen molar-refractivity contribution in [2.75, 3.05) is 13.7 Å². The first-order valence-corrected chi connectivity index (χ1v) is 11.2. The van der Waals surface area contributed by atoms with Crippen LogP contribution in [-0.4, -0.2) is 41.7 Å². The maximum Gasteiger partial charge on any atom is 0.316 e. The Bertz CT molecular complexity index is 917. The molecule has 2 aromatic carbocycles. The van der Waals surface area contributed by atoms with Gasteiger partial charge in [-0.1, -0.05) is 54.1 Å². The number of benzene rings is 2. The lowest BCUT2D eigenvalue weighted by atomic mass is 9.80. The summed E-state index contributed by atoms with van der Waals surface area (Å²) in [6.45, 7) is 0.885. The summed E-state index contributed by atoms with van der Waals surface area (Å²) in [5, 5.41) is 12.1. The van der Waals surface area contributed by atoms with Gasteiger partial charge in [0.25, 0.3) is 0 Å². The summed E-state index contributed by atoms with van der Waals surface area (Å²) in [6.07, 6.45) is 4.50. The molecule has 1 saturated carbocycles. The van der Waals surface area contributed by atoms with E-state index in [1.54, 1.807) is 0 Å². The summed E-state index contributed by atoms with van der Waals surface area (Å²) < 4.78 is 5.21. The van der Waals surface area contributed by atoms with Crippen LogP contribution >= 0.6 is 11.6 Å². The second-order valence-corrected chi connectivity index (χ2v) is 9.69. The van der Waals surface area contributed by atoms with Crippen LogP contribution in [0.4, 0.5) is 0 Å². The van der Waals surface area contributed by atoms with Crippen molar-refractivity contribution in [1.82, 2.24) is 4.90 Å². The number of hydrogen-bond acceptors (Lipinski definition) is 4. The Morgan fingerprint density at radius 2 is 1.67 bits per heavy atom. The lowest BCUT2D eigenvalue weighted by Gasteiger charge is -2.44. The number of esters is 1. The second kappa shape index (κ2) is 7.37. The molecule has 4 atom stereocenters. The van der Waals surface area contributed by atoms with Crippen molar-refractivity contribution in [2.45, 2.75) is 55.2 Å². The number of carbonyl (C=O) groups excluding carboxylic acids is 1. The summed E-state index contributed by atoms with van der Waals surface area (Å²) >= 11 is 6.04. The van der Waals surface area contributed by atoms with Crippen LogP contribution in [0, 0.1) is 5.92 Å². The topological polar surface area (TPSA) is 49.8 Å². The number of carbonyl (C=O) groups is 1. The van der Waals surface area contributed by atoms with Crippen molar-refractivity contribution < 1.29 is 14.6 Å². The number of aliphatic hydroxyl groups is 1. The molecule has 0 radical (unpaired) electrons. The predicted octanol–water partition coefficient (Wildman–Crippen LogP) is 4.29. The number of rotatable bonds is 5. The normalized spacial score (nSPS) is 35.2. The van der Waals surface area contributed by atoms with Gasteiger partial charge in [-0.15, -0.1) is 0 Å². The van der Waals surface area contributed by atoms with Crippen molar-refractivity contribution in [1.29, 1.82) is 0 Å². The van der Waals surface area contributed by atoms with E-state index in [1.165, 1.54) is 7.11 Å². The Kier molecular flexibility index (Phi) is 4.92. The average Bonchev–Trinajstić information content (AvgIpc) is 3.43. The largest absolute Gasteiger partial charge is 0.468 e. The fourth-order valence-corrected chi connectivity index (χ4v) is 6.18. The van der Waals surface area contributed by atoms with E-state index in [2.05, 4.69) is 4.90 Å². The van der Waals surface area contributed by atoms with Crippen LogP contribution in [0.1, 0.15) is 43.2 Å². The van der Waals surface area contributed by atoms with Crippen LogP contribution < -0.4 is 0 Å². The zero-order valence-corrected chi connectivity index (χ0v) is 18.0. The number of methoxy groups -OCH3 is 1. The number of halogens is 1. The molecular weight excluding hydrogens is 398 g/mol. The quantitative estimate of drug-likeness (QED) is 0.726. The smallest absolute Gasteiger partial charge is 0.316 e. The summed E-state index contributed by atoms with van der Waals surface area (Å²) in [5.41, 5.74) is 0.710. The van der Waals surface area contributed by atoms with E-state index in [1.807, 2.05) is 54.6 Å². The third-order valence-electron chi connectivity index (χ3n) is 7.67. The van der Waals surface area contributed by atoms with Crippen molar-refractivity contribution in [3.05, 3.63) is 70.7 Å². The van der Waals surface area contributed by atoms with Gasteiger partial charge >= 0.3 is 5.97 Å². The number of hydrogen-bond donors (Lipinski definition) is 1. The summed E-state index contributed by atoms with van der Waals surface area (Å²) in [6, 6.07) is 18.4. The van der Waals surface area contributed by atoms with Crippen molar-refractivity contribution in [3.8, 4) is 0 Å². The monoisotopic (exact) mass is 425 g/mol.